The van der Waals surface area contributed by atoms with E-state index in [1.54, 1.807) is 11.9 Å². The Hall–Kier alpha value is -0.0600. The Morgan fingerprint density at radius 3 is 3.00 bits per heavy atom. The summed E-state index contributed by atoms with van der Waals surface area (Å²) in [7, 11) is 0. The lowest BCUT2D eigenvalue weighted by Gasteiger charge is -2.17. The molecule has 0 aromatic carbocycles. The number of hydrogen-bond acceptors (Lipinski definition) is 3. The zero-order valence-corrected chi connectivity index (χ0v) is 11.1. The molecule has 1 saturated carbocycles. The van der Waals surface area contributed by atoms with Crippen LogP contribution in [0.4, 0.5) is 0 Å². The van der Waals surface area contributed by atoms with Crippen LogP contribution in [0.15, 0.2) is 22.9 Å². The number of pyridine rings is 1. The standard InChI is InChI=1S/C11H15BrN2S/c1-2-15-14-11(8-3-4-8)9-5-10(12)7-13-6-9/h5-8,11,14H,2-4H2,1H3. The fourth-order valence-electron chi connectivity index (χ4n) is 1.64. The van der Waals surface area contributed by atoms with E-state index in [1.165, 1.54) is 18.4 Å². The van der Waals surface area contributed by atoms with Gasteiger partial charge in [-0.05, 0) is 46.3 Å². The maximum Gasteiger partial charge on any atom is 0.0465 e. The van der Waals surface area contributed by atoms with Gasteiger partial charge in [0, 0.05) is 28.7 Å². The Morgan fingerprint density at radius 2 is 2.40 bits per heavy atom. The minimum atomic E-state index is 0.472. The summed E-state index contributed by atoms with van der Waals surface area (Å²) < 4.78 is 4.59. The maximum absolute atomic E-state index is 4.23. The van der Waals surface area contributed by atoms with E-state index in [1.807, 2.05) is 12.4 Å². The monoisotopic (exact) mass is 286 g/mol. The van der Waals surface area contributed by atoms with Gasteiger partial charge in [-0.25, -0.2) is 0 Å². The van der Waals surface area contributed by atoms with Crippen LogP contribution in [0.25, 0.3) is 0 Å². The average molecular weight is 287 g/mol. The molecular weight excluding hydrogens is 272 g/mol. The zero-order valence-electron chi connectivity index (χ0n) is 8.74. The molecule has 1 unspecified atom stereocenters. The number of halogens is 1. The summed E-state index contributed by atoms with van der Waals surface area (Å²) in [6.07, 6.45) is 6.49. The molecule has 0 saturated heterocycles. The Bertz CT molecular complexity index is 328. The largest absolute Gasteiger partial charge is 0.263 e. The molecular formula is C11H15BrN2S. The van der Waals surface area contributed by atoms with E-state index in [0.29, 0.717) is 6.04 Å². The Balaban J connectivity index is 2.09. The van der Waals surface area contributed by atoms with Gasteiger partial charge in [-0.2, -0.15) is 0 Å². The Kier molecular flexibility index (Phi) is 4.05. The maximum atomic E-state index is 4.23. The van der Waals surface area contributed by atoms with Crippen LogP contribution in [0, 0.1) is 5.92 Å². The van der Waals surface area contributed by atoms with E-state index in [-0.39, 0.29) is 0 Å². The Labute approximate surface area is 104 Å². The van der Waals surface area contributed by atoms with Gasteiger partial charge in [0.1, 0.15) is 0 Å². The lowest BCUT2D eigenvalue weighted by Crippen LogP contribution is -2.16. The normalized spacial score (nSPS) is 17.7. The smallest absolute Gasteiger partial charge is 0.0465 e. The lowest BCUT2D eigenvalue weighted by molar-refractivity contribution is 0.591. The minimum Gasteiger partial charge on any atom is -0.263 e. The van der Waals surface area contributed by atoms with Crippen molar-refractivity contribution in [1.29, 1.82) is 0 Å². The number of aromatic nitrogens is 1. The molecule has 82 valence electrons. The van der Waals surface area contributed by atoms with E-state index < -0.39 is 0 Å². The van der Waals surface area contributed by atoms with E-state index in [9.17, 15) is 0 Å². The molecule has 1 aromatic heterocycles. The number of nitrogens with one attached hydrogen (secondary N) is 1. The van der Waals surface area contributed by atoms with Crippen molar-refractivity contribution in [2.24, 2.45) is 5.92 Å². The van der Waals surface area contributed by atoms with Gasteiger partial charge < -0.3 is 0 Å². The fraction of sp³-hybridized carbons (Fsp3) is 0.545. The predicted molar refractivity (Wildman–Crippen MR) is 68.7 cm³/mol. The molecule has 0 radical (unpaired) electrons. The number of hydrogen-bond donors (Lipinski definition) is 1. The first kappa shape index (κ1) is 11.4. The van der Waals surface area contributed by atoms with E-state index in [4.69, 9.17) is 0 Å². The fourth-order valence-corrected chi connectivity index (χ4v) is 2.69. The van der Waals surface area contributed by atoms with Gasteiger partial charge in [-0.3, -0.25) is 9.71 Å². The Morgan fingerprint density at radius 1 is 1.60 bits per heavy atom. The molecule has 15 heavy (non-hydrogen) atoms. The average Bonchev–Trinajstić information content (AvgIpc) is 3.03. The van der Waals surface area contributed by atoms with Crippen molar-refractivity contribution in [2.75, 3.05) is 5.75 Å². The van der Waals surface area contributed by atoms with Crippen LogP contribution in [-0.4, -0.2) is 10.7 Å². The second-order valence-corrected chi connectivity index (χ2v) is 5.82. The van der Waals surface area contributed by atoms with Crippen LogP contribution in [0.2, 0.25) is 0 Å². The molecule has 0 bridgehead atoms. The first-order valence-corrected chi connectivity index (χ1v) is 7.07. The number of rotatable bonds is 5. The molecule has 1 atom stereocenters. The molecule has 4 heteroatoms. The van der Waals surface area contributed by atoms with Crippen LogP contribution in [-0.2, 0) is 0 Å². The minimum absolute atomic E-state index is 0.472. The summed E-state index contributed by atoms with van der Waals surface area (Å²) in [5.74, 6) is 1.91. The SMILES string of the molecule is CCSNC(c1cncc(Br)c1)C1CC1. The van der Waals surface area contributed by atoms with Crippen LogP contribution < -0.4 is 4.72 Å². The van der Waals surface area contributed by atoms with Crippen LogP contribution in [0.1, 0.15) is 31.4 Å². The van der Waals surface area contributed by atoms with Crippen molar-refractivity contribution in [2.45, 2.75) is 25.8 Å². The van der Waals surface area contributed by atoms with Gasteiger partial charge in [-0.1, -0.05) is 18.9 Å². The molecule has 1 aromatic rings. The van der Waals surface area contributed by atoms with E-state index in [0.717, 1.165) is 16.1 Å². The highest BCUT2D eigenvalue weighted by atomic mass is 79.9. The van der Waals surface area contributed by atoms with Crippen molar-refractivity contribution in [3.63, 3.8) is 0 Å². The van der Waals surface area contributed by atoms with Crippen LogP contribution in [0.3, 0.4) is 0 Å². The molecule has 1 aliphatic rings. The van der Waals surface area contributed by atoms with Gasteiger partial charge in [0.25, 0.3) is 0 Å². The molecule has 0 aliphatic heterocycles. The molecule has 1 heterocycles. The molecule has 2 rings (SSSR count). The third-order valence-electron chi connectivity index (χ3n) is 2.53. The molecule has 1 N–H and O–H groups in total. The second-order valence-electron chi connectivity index (χ2n) is 3.80. The van der Waals surface area contributed by atoms with Gasteiger partial charge in [-0.15, -0.1) is 0 Å². The van der Waals surface area contributed by atoms with Crippen molar-refractivity contribution >= 4 is 27.9 Å². The van der Waals surface area contributed by atoms with Crippen molar-refractivity contribution in [1.82, 2.24) is 9.71 Å². The molecule has 1 aliphatic carbocycles. The third-order valence-corrected chi connectivity index (χ3v) is 3.68. The summed E-state index contributed by atoms with van der Waals surface area (Å²) >= 11 is 5.26. The molecule has 0 amide bonds. The van der Waals surface area contributed by atoms with Gasteiger partial charge in [0.15, 0.2) is 0 Å². The van der Waals surface area contributed by atoms with Gasteiger partial charge in [0.05, 0.1) is 0 Å². The van der Waals surface area contributed by atoms with E-state index in [2.05, 4.69) is 38.6 Å². The van der Waals surface area contributed by atoms with Gasteiger partial charge in [0.2, 0.25) is 0 Å². The van der Waals surface area contributed by atoms with Crippen molar-refractivity contribution < 1.29 is 0 Å². The number of nitrogens with zero attached hydrogens (tertiary/aromatic N) is 1. The zero-order chi connectivity index (χ0) is 10.7. The first-order chi connectivity index (χ1) is 7.31. The van der Waals surface area contributed by atoms with Crippen molar-refractivity contribution in [3.8, 4) is 0 Å². The quantitative estimate of drug-likeness (QED) is 0.838. The van der Waals surface area contributed by atoms with Crippen LogP contribution in [0.5, 0.6) is 0 Å². The van der Waals surface area contributed by atoms with E-state index >= 15 is 0 Å². The molecule has 0 spiro atoms. The molecule has 1 fully saturated rings. The lowest BCUT2D eigenvalue weighted by atomic mass is 10.1. The topological polar surface area (TPSA) is 24.9 Å². The van der Waals surface area contributed by atoms with Crippen LogP contribution >= 0.6 is 27.9 Å². The van der Waals surface area contributed by atoms with Gasteiger partial charge >= 0.3 is 0 Å². The molecule has 2 nitrogen and oxygen atoms in total. The third kappa shape index (κ3) is 3.20. The predicted octanol–water partition coefficient (Wildman–Crippen LogP) is 3.55. The first-order valence-electron chi connectivity index (χ1n) is 5.29. The highest BCUT2D eigenvalue weighted by Crippen LogP contribution is 2.42. The summed E-state index contributed by atoms with van der Waals surface area (Å²) in [6, 6.07) is 2.64. The summed E-state index contributed by atoms with van der Waals surface area (Å²) in [4.78, 5) is 4.23. The highest BCUT2D eigenvalue weighted by molar-refractivity contribution is 9.10. The van der Waals surface area contributed by atoms with Crippen molar-refractivity contribution in [3.05, 3.63) is 28.5 Å². The highest BCUT2D eigenvalue weighted by Gasteiger charge is 2.32. The summed E-state index contributed by atoms with van der Waals surface area (Å²) in [6.45, 7) is 2.17. The summed E-state index contributed by atoms with van der Waals surface area (Å²) in [5, 5.41) is 0. The summed E-state index contributed by atoms with van der Waals surface area (Å²) in [5.41, 5.74) is 1.30. The second kappa shape index (κ2) is 5.32.